The Labute approximate surface area is 113 Å². The fourth-order valence-electron chi connectivity index (χ4n) is 2.82. The molecule has 2 N–H and O–H groups in total. The average Bonchev–Trinajstić information content (AvgIpc) is 2.93. The van der Waals surface area contributed by atoms with Crippen LogP contribution in [-0.4, -0.2) is 35.0 Å². The highest BCUT2D eigenvalue weighted by atomic mass is 16.6. The molecule has 0 radical (unpaired) electrons. The van der Waals surface area contributed by atoms with Gasteiger partial charge in [0.25, 0.3) is 5.69 Å². The Hall–Kier alpha value is -1.46. The van der Waals surface area contributed by atoms with Gasteiger partial charge in [0.05, 0.1) is 4.92 Å². The van der Waals surface area contributed by atoms with Gasteiger partial charge in [-0.15, -0.1) is 0 Å². The van der Waals surface area contributed by atoms with Crippen LogP contribution in [0, 0.1) is 10.1 Å². The number of hydrogen-bond acceptors (Lipinski definition) is 4. The number of para-hydroxylation sites is 1. The van der Waals surface area contributed by atoms with E-state index in [1.165, 1.54) is 12.8 Å². The average molecular weight is 263 g/mol. The van der Waals surface area contributed by atoms with E-state index in [1.807, 2.05) is 12.1 Å². The highest BCUT2D eigenvalue weighted by Crippen LogP contribution is 2.28. The molecule has 0 aliphatic carbocycles. The summed E-state index contributed by atoms with van der Waals surface area (Å²) in [4.78, 5) is 13.1. The van der Waals surface area contributed by atoms with Crippen LogP contribution in [0.1, 0.15) is 25.3 Å². The first-order valence-electron chi connectivity index (χ1n) is 6.74. The molecule has 0 bridgehead atoms. The van der Waals surface area contributed by atoms with Crippen LogP contribution in [0.2, 0.25) is 0 Å². The molecule has 1 aromatic carbocycles. The van der Waals surface area contributed by atoms with E-state index in [0.717, 1.165) is 18.7 Å². The normalized spacial score (nSPS) is 19.3. The quantitative estimate of drug-likeness (QED) is 0.651. The Morgan fingerprint density at radius 2 is 2.00 bits per heavy atom. The van der Waals surface area contributed by atoms with Crippen LogP contribution in [0.25, 0.3) is 0 Å². The van der Waals surface area contributed by atoms with Gasteiger partial charge in [0.2, 0.25) is 0 Å². The first-order chi connectivity index (χ1) is 9.07. The van der Waals surface area contributed by atoms with E-state index in [-0.39, 0.29) is 16.1 Å². The van der Waals surface area contributed by atoms with Gasteiger partial charge in [-0.25, -0.2) is 0 Å². The van der Waals surface area contributed by atoms with Crippen LogP contribution in [0.4, 0.5) is 5.69 Å². The molecule has 0 amide bonds. The Bertz CT molecular complexity index is 458. The second-order valence-electron chi connectivity index (χ2n) is 5.46. The Morgan fingerprint density at radius 3 is 2.58 bits per heavy atom. The van der Waals surface area contributed by atoms with E-state index in [0.29, 0.717) is 13.0 Å². The number of rotatable bonds is 5. The van der Waals surface area contributed by atoms with Crippen LogP contribution in [-0.2, 0) is 6.42 Å². The molecule has 104 valence electrons. The van der Waals surface area contributed by atoms with E-state index in [9.17, 15) is 10.1 Å². The van der Waals surface area contributed by atoms with Gasteiger partial charge in [0.15, 0.2) is 0 Å². The molecule has 0 spiro atoms. The summed E-state index contributed by atoms with van der Waals surface area (Å²) in [6, 6.07) is 6.96. The zero-order valence-corrected chi connectivity index (χ0v) is 11.3. The molecular weight excluding hydrogens is 242 g/mol. The minimum Gasteiger partial charge on any atom is -0.329 e. The molecule has 1 unspecified atom stereocenters. The van der Waals surface area contributed by atoms with Crippen LogP contribution in [0.15, 0.2) is 24.3 Å². The van der Waals surface area contributed by atoms with Crippen molar-refractivity contribution in [1.29, 1.82) is 0 Å². The molecule has 5 nitrogen and oxygen atoms in total. The zero-order valence-electron chi connectivity index (χ0n) is 11.3. The van der Waals surface area contributed by atoms with Crippen LogP contribution < -0.4 is 5.73 Å². The zero-order chi connectivity index (χ0) is 13.9. The number of hydrogen-bond donors (Lipinski definition) is 1. The van der Waals surface area contributed by atoms with E-state index >= 15 is 0 Å². The summed E-state index contributed by atoms with van der Waals surface area (Å²) in [5.41, 5.74) is 6.72. The predicted octanol–water partition coefficient (Wildman–Crippen LogP) is 1.95. The fourth-order valence-corrected chi connectivity index (χ4v) is 2.82. The highest BCUT2D eigenvalue weighted by Gasteiger charge is 2.34. The number of nitro benzene ring substituents is 1. The standard InChI is InChI=1S/C14H21N3O2/c1-14(11-15,16-8-4-5-9-16)10-12-6-2-3-7-13(12)17(18)19/h2-3,6-7H,4-5,8-11,15H2,1H3. The molecule has 1 aliphatic heterocycles. The first kappa shape index (κ1) is 14.0. The molecular formula is C14H21N3O2. The summed E-state index contributed by atoms with van der Waals surface area (Å²) in [5.74, 6) is 0. The van der Waals surface area contributed by atoms with E-state index in [4.69, 9.17) is 5.73 Å². The Morgan fingerprint density at radius 1 is 1.37 bits per heavy atom. The first-order valence-corrected chi connectivity index (χ1v) is 6.74. The van der Waals surface area contributed by atoms with Gasteiger partial charge < -0.3 is 5.73 Å². The lowest BCUT2D eigenvalue weighted by atomic mass is 9.90. The third-order valence-corrected chi connectivity index (χ3v) is 4.07. The molecule has 1 saturated heterocycles. The molecule has 5 heteroatoms. The molecule has 1 fully saturated rings. The maximum Gasteiger partial charge on any atom is 0.272 e. The van der Waals surface area contributed by atoms with Crippen molar-refractivity contribution in [2.45, 2.75) is 31.7 Å². The minimum absolute atomic E-state index is 0.192. The van der Waals surface area contributed by atoms with Gasteiger partial charge in [-0.1, -0.05) is 18.2 Å². The van der Waals surface area contributed by atoms with Gasteiger partial charge in [0, 0.05) is 23.7 Å². The summed E-state index contributed by atoms with van der Waals surface area (Å²) in [5, 5.41) is 11.1. The number of likely N-dealkylation sites (tertiary alicyclic amines) is 1. The van der Waals surface area contributed by atoms with Crippen molar-refractivity contribution < 1.29 is 4.92 Å². The minimum atomic E-state index is -0.309. The monoisotopic (exact) mass is 263 g/mol. The second-order valence-corrected chi connectivity index (χ2v) is 5.46. The van der Waals surface area contributed by atoms with Crippen molar-refractivity contribution in [2.24, 2.45) is 5.73 Å². The Balaban J connectivity index is 2.25. The maximum absolute atomic E-state index is 11.1. The van der Waals surface area contributed by atoms with Crippen molar-refractivity contribution in [3.63, 3.8) is 0 Å². The lowest BCUT2D eigenvalue weighted by Gasteiger charge is -2.38. The smallest absolute Gasteiger partial charge is 0.272 e. The summed E-state index contributed by atoms with van der Waals surface area (Å²) >= 11 is 0. The van der Waals surface area contributed by atoms with Gasteiger partial charge >= 0.3 is 0 Å². The van der Waals surface area contributed by atoms with Crippen LogP contribution in [0.3, 0.4) is 0 Å². The van der Waals surface area contributed by atoms with E-state index < -0.39 is 0 Å². The van der Waals surface area contributed by atoms with E-state index in [2.05, 4.69) is 11.8 Å². The third-order valence-electron chi connectivity index (χ3n) is 4.07. The molecule has 2 rings (SSSR count). The lowest BCUT2D eigenvalue weighted by Crippen LogP contribution is -2.52. The number of nitro groups is 1. The molecule has 1 aromatic rings. The number of nitrogens with two attached hydrogens (primary N) is 1. The summed E-state index contributed by atoms with van der Waals surface area (Å²) < 4.78 is 0. The Kier molecular flexibility index (Phi) is 4.17. The molecule has 19 heavy (non-hydrogen) atoms. The van der Waals surface area contributed by atoms with Gasteiger partial charge in [-0.05, 0) is 39.3 Å². The number of nitrogens with zero attached hydrogens (tertiary/aromatic N) is 2. The van der Waals surface area contributed by atoms with Crippen molar-refractivity contribution >= 4 is 5.69 Å². The van der Waals surface area contributed by atoms with Gasteiger partial charge in [-0.3, -0.25) is 15.0 Å². The summed E-state index contributed by atoms with van der Waals surface area (Å²) in [6.45, 7) is 4.69. The molecule has 0 saturated carbocycles. The van der Waals surface area contributed by atoms with Crippen molar-refractivity contribution in [3.05, 3.63) is 39.9 Å². The van der Waals surface area contributed by atoms with Crippen molar-refractivity contribution in [1.82, 2.24) is 4.90 Å². The molecule has 1 atom stereocenters. The third kappa shape index (κ3) is 2.93. The van der Waals surface area contributed by atoms with Gasteiger partial charge in [-0.2, -0.15) is 0 Å². The van der Waals surface area contributed by atoms with Crippen LogP contribution >= 0.6 is 0 Å². The van der Waals surface area contributed by atoms with Gasteiger partial charge in [0.1, 0.15) is 0 Å². The van der Waals surface area contributed by atoms with Crippen molar-refractivity contribution in [2.75, 3.05) is 19.6 Å². The summed E-state index contributed by atoms with van der Waals surface area (Å²) in [7, 11) is 0. The predicted molar refractivity (Wildman–Crippen MR) is 75.1 cm³/mol. The molecule has 1 heterocycles. The van der Waals surface area contributed by atoms with Crippen LogP contribution in [0.5, 0.6) is 0 Å². The summed E-state index contributed by atoms with van der Waals surface area (Å²) in [6.07, 6.45) is 3.00. The van der Waals surface area contributed by atoms with Crippen molar-refractivity contribution in [3.8, 4) is 0 Å². The second kappa shape index (κ2) is 5.67. The maximum atomic E-state index is 11.1. The molecule has 0 aromatic heterocycles. The SMILES string of the molecule is CC(CN)(Cc1ccccc1[N+](=O)[O-])N1CCCC1. The number of benzene rings is 1. The lowest BCUT2D eigenvalue weighted by molar-refractivity contribution is -0.385. The topological polar surface area (TPSA) is 72.4 Å². The fraction of sp³-hybridized carbons (Fsp3) is 0.571. The molecule has 1 aliphatic rings. The largest absolute Gasteiger partial charge is 0.329 e. The highest BCUT2D eigenvalue weighted by molar-refractivity contribution is 5.41. The van der Waals surface area contributed by atoms with E-state index in [1.54, 1.807) is 12.1 Å².